The number of nitrogens with one attached hydrogen (secondary N) is 1. The molecule has 0 heterocycles. The first kappa shape index (κ1) is 12.6. The van der Waals surface area contributed by atoms with Crippen LogP contribution in [0.5, 0.6) is 0 Å². The third-order valence-corrected chi connectivity index (χ3v) is 5.09. The molecule has 1 aliphatic carbocycles. The maximum absolute atomic E-state index is 11.3. The van der Waals surface area contributed by atoms with Crippen molar-refractivity contribution in [1.82, 2.24) is 5.32 Å². The number of rotatable bonds is 6. The van der Waals surface area contributed by atoms with E-state index in [-0.39, 0.29) is 11.5 Å². The first-order chi connectivity index (χ1) is 8.12. The summed E-state index contributed by atoms with van der Waals surface area (Å²) in [6.45, 7) is 3.14. The summed E-state index contributed by atoms with van der Waals surface area (Å²) in [4.78, 5) is 0. The Morgan fingerprint density at radius 1 is 1.35 bits per heavy atom. The molecule has 1 N–H and O–H groups in total. The summed E-state index contributed by atoms with van der Waals surface area (Å²) in [5.41, 5.74) is 2.85. The molecule has 1 aliphatic rings. The number of benzene rings is 1. The van der Waals surface area contributed by atoms with Crippen molar-refractivity contribution in [3.63, 3.8) is 0 Å². The SMILES string of the molecule is CCS(=O)(=O)CCNCC1Cc2ccccc21. The zero-order chi connectivity index (χ0) is 12.3. The van der Waals surface area contributed by atoms with E-state index in [1.807, 2.05) is 0 Å². The van der Waals surface area contributed by atoms with Crippen molar-refractivity contribution in [2.75, 3.05) is 24.6 Å². The summed E-state index contributed by atoms with van der Waals surface area (Å²) in [6, 6.07) is 8.45. The predicted molar refractivity (Wildman–Crippen MR) is 70.1 cm³/mol. The summed E-state index contributed by atoms with van der Waals surface area (Å²) in [7, 11) is -2.83. The lowest BCUT2D eigenvalue weighted by Crippen LogP contribution is -2.32. The fraction of sp³-hybridized carbons (Fsp3) is 0.538. The highest BCUT2D eigenvalue weighted by Crippen LogP contribution is 2.33. The van der Waals surface area contributed by atoms with Gasteiger partial charge in [0, 0.05) is 24.8 Å². The van der Waals surface area contributed by atoms with E-state index in [4.69, 9.17) is 0 Å². The van der Waals surface area contributed by atoms with E-state index in [0.29, 0.717) is 12.5 Å². The van der Waals surface area contributed by atoms with Crippen molar-refractivity contribution in [3.05, 3.63) is 35.4 Å². The van der Waals surface area contributed by atoms with Crippen LogP contribution in [-0.4, -0.2) is 33.0 Å². The number of hydrogen-bond acceptors (Lipinski definition) is 3. The van der Waals surface area contributed by atoms with Crippen LogP contribution in [0.25, 0.3) is 0 Å². The summed E-state index contributed by atoms with van der Waals surface area (Å²) < 4.78 is 22.6. The van der Waals surface area contributed by atoms with Crippen LogP contribution in [0.15, 0.2) is 24.3 Å². The molecule has 0 fully saturated rings. The molecule has 0 aliphatic heterocycles. The normalized spacial score (nSPS) is 18.5. The zero-order valence-electron chi connectivity index (χ0n) is 10.1. The summed E-state index contributed by atoms with van der Waals surface area (Å²) in [6.07, 6.45) is 1.11. The van der Waals surface area contributed by atoms with Crippen LogP contribution in [0, 0.1) is 0 Å². The smallest absolute Gasteiger partial charge is 0.151 e. The Morgan fingerprint density at radius 2 is 2.12 bits per heavy atom. The van der Waals surface area contributed by atoms with Crippen molar-refractivity contribution in [2.24, 2.45) is 0 Å². The number of hydrogen-bond donors (Lipinski definition) is 1. The molecule has 17 heavy (non-hydrogen) atoms. The van der Waals surface area contributed by atoms with Gasteiger partial charge in [-0.3, -0.25) is 0 Å². The van der Waals surface area contributed by atoms with E-state index in [9.17, 15) is 8.42 Å². The van der Waals surface area contributed by atoms with Crippen LogP contribution >= 0.6 is 0 Å². The minimum Gasteiger partial charge on any atom is -0.315 e. The summed E-state index contributed by atoms with van der Waals surface area (Å²) in [5, 5.41) is 3.24. The van der Waals surface area contributed by atoms with Crippen LogP contribution in [-0.2, 0) is 16.3 Å². The standard InChI is InChI=1S/C13H19NO2S/c1-2-17(15,16)8-7-14-10-12-9-11-5-3-4-6-13(11)12/h3-6,12,14H,2,7-10H2,1H3. The molecule has 1 atom stereocenters. The van der Waals surface area contributed by atoms with Gasteiger partial charge in [0.2, 0.25) is 0 Å². The maximum atomic E-state index is 11.3. The van der Waals surface area contributed by atoms with Crippen LogP contribution in [0.2, 0.25) is 0 Å². The van der Waals surface area contributed by atoms with Gasteiger partial charge in [0.1, 0.15) is 0 Å². The second kappa shape index (κ2) is 5.19. The molecule has 0 spiro atoms. The topological polar surface area (TPSA) is 46.2 Å². The molecule has 0 saturated carbocycles. The average Bonchev–Trinajstić information content (AvgIpc) is 2.29. The van der Waals surface area contributed by atoms with Crippen LogP contribution in [0.4, 0.5) is 0 Å². The first-order valence-electron chi connectivity index (χ1n) is 6.11. The maximum Gasteiger partial charge on any atom is 0.151 e. The monoisotopic (exact) mass is 253 g/mol. The second-order valence-corrected chi connectivity index (χ2v) is 7.01. The minimum atomic E-state index is -2.83. The Hall–Kier alpha value is -0.870. The molecule has 3 nitrogen and oxygen atoms in total. The van der Waals surface area contributed by atoms with E-state index in [2.05, 4.69) is 29.6 Å². The molecule has 0 saturated heterocycles. The van der Waals surface area contributed by atoms with Gasteiger partial charge in [-0.1, -0.05) is 31.2 Å². The van der Waals surface area contributed by atoms with E-state index < -0.39 is 9.84 Å². The second-order valence-electron chi connectivity index (χ2n) is 4.54. The Kier molecular flexibility index (Phi) is 3.84. The molecular formula is C13H19NO2S. The van der Waals surface area contributed by atoms with Crippen molar-refractivity contribution < 1.29 is 8.42 Å². The zero-order valence-corrected chi connectivity index (χ0v) is 11.0. The van der Waals surface area contributed by atoms with Gasteiger partial charge in [0.25, 0.3) is 0 Å². The molecule has 2 rings (SSSR count). The van der Waals surface area contributed by atoms with E-state index in [1.54, 1.807) is 6.92 Å². The van der Waals surface area contributed by atoms with Gasteiger partial charge in [-0.2, -0.15) is 0 Å². The van der Waals surface area contributed by atoms with Crippen LogP contribution in [0.3, 0.4) is 0 Å². The lowest BCUT2D eigenvalue weighted by Gasteiger charge is -2.30. The molecular weight excluding hydrogens is 234 g/mol. The third-order valence-electron chi connectivity index (χ3n) is 3.38. The molecule has 0 amide bonds. The first-order valence-corrected chi connectivity index (χ1v) is 7.93. The number of fused-ring (bicyclic) bond motifs is 1. The van der Waals surface area contributed by atoms with Gasteiger partial charge in [-0.05, 0) is 17.5 Å². The Labute approximate surface area is 103 Å². The van der Waals surface area contributed by atoms with Gasteiger partial charge in [0.15, 0.2) is 9.84 Å². The summed E-state index contributed by atoms with van der Waals surface area (Å²) in [5.74, 6) is 1.05. The lowest BCUT2D eigenvalue weighted by molar-refractivity contribution is 0.542. The van der Waals surface area contributed by atoms with E-state index in [0.717, 1.165) is 13.0 Å². The quantitative estimate of drug-likeness (QED) is 0.778. The molecule has 94 valence electrons. The van der Waals surface area contributed by atoms with Crippen LogP contribution < -0.4 is 5.32 Å². The van der Waals surface area contributed by atoms with E-state index in [1.165, 1.54) is 11.1 Å². The summed E-state index contributed by atoms with van der Waals surface area (Å²) >= 11 is 0. The number of sulfone groups is 1. The highest BCUT2D eigenvalue weighted by atomic mass is 32.2. The molecule has 1 aromatic carbocycles. The minimum absolute atomic E-state index is 0.237. The van der Waals surface area contributed by atoms with Crippen LogP contribution in [0.1, 0.15) is 24.0 Å². The third kappa shape index (κ3) is 3.07. The fourth-order valence-corrected chi connectivity index (χ4v) is 2.94. The fourth-order valence-electron chi connectivity index (χ4n) is 2.19. The van der Waals surface area contributed by atoms with Crippen molar-refractivity contribution in [2.45, 2.75) is 19.3 Å². The molecule has 0 bridgehead atoms. The van der Waals surface area contributed by atoms with Crippen molar-refractivity contribution in [1.29, 1.82) is 0 Å². The largest absolute Gasteiger partial charge is 0.315 e. The molecule has 1 unspecified atom stereocenters. The van der Waals surface area contributed by atoms with Gasteiger partial charge >= 0.3 is 0 Å². The highest BCUT2D eigenvalue weighted by molar-refractivity contribution is 7.91. The van der Waals surface area contributed by atoms with Crippen molar-refractivity contribution >= 4 is 9.84 Å². The predicted octanol–water partition coefficient (Wildman–Crippen LogP) is 1.35. The van der Waals surface area contributed by atoms with Crippen molar-refractivity contribution in [3.8, 4) is 0 Å². The lowest BCUT2D eigenvalue weighted by atomic mass is 9.78. The Balaban J connectivity index is 1.72. The Bertz CT molecular complexity index is 482. The highest BCUT2D eigenvalue weighted by Gasteiger charge is 2.24. The van der Waals surface area contributed by atoms with Gasteiger partial charge in [-0.25, -0.2) is 8.42 Å². The molecule has 0 aromatic heterocycles. The Morgan fingerprint density at radius 3 is 2.82 bits per heavy atom. The average molecular weight is 253 g/mol. The molecule has 0 radical (unpaired) electrons. The van der Waals surface area contributed by atoms with Gasteiger partial charge in [-0.15, -0.1) is 0 Å². The van der Waals surface area contributed by atoms with Gasteiger partial charge in [0.05, 0.1) is 5.75 Å². The molecule has 4 heteroatoms. The van der Waals surface area contributed by atoms with Gasteiger partial charge < -0.3 is 5.32 Å². The molecule has 1 aromatic rings. The van der Waals surface area contributed by atoms with E-state index >= 15 is 0 Å².